The zero-order chi connectivity index (χ0) is 22.7. The highest BCUT2D eigenvalue weighted by Gasteiger charge is 2.50. The van der Waals surface area contributed by atoms with Crippen molar-refractivity contribution in [2.45, 2.75) is 51.9 Å². The van der Waals surface area contributed by atoms with E-state index in [0.717, 1.165) is 36.2 Å². The lowest BCUT2D eigenvalue weighted by atomic mass is 9.90. The number of rotatable bonds is 5. The van der Waals surface area contributed by atoms with Crippen molar-refractivity contribution in [2.24, 2.45) is 5.41 Å². The Morgan fingerprint density at radius 2 is 1.97 bits per heavy atom. The van der Waals surface area contributed by atoms with Crippen molar-refractivity contribution in [3.8, 4) is 0 Å². The van der Waals surface area contributed by atoms with Gasteiger partial charge in [-0.2, -0.15) is 4.98 Å². The van der Waals surface area contributed by atoms with Gasteiger partial charge in [0.1, 0.15) is 17.5 Å². The maximum atomic E-state index is 14.3. The van der Waals surface area contributed by atoms with Crippen molar-refractivity contribution in [2.75, 3.05) is 11.4 Å². The molecule has 0 spiro atoms. The lowest BCUT2D eigenvalue weighted by Crippen LogP contribution is -2.27. The van der Waals surface area contributed by atoms with Gasteiger partial charge in [0, 0.05) is 23.0 Å². The molecule has 170 valence electrons. The quantitative estimate of drug-likeness (QED) is 0.386. The summed E-state index contributed by atoms with van der Waals surface area (Å²) in [5.41, 5.74) is 3.33. The fraction of sp³-hybridized carbons (Fsp3) is 0.400. The highest BCUT2D eigenvalue weighted by molar-refractivity contribution is 5.94. The number of fused-ring (bicyclic) bond motifs is 4. The largest absolute Gasteiger partial charge is 0.325 e. The van der Waals surface area contributed by atoms with Gasteiger partial charge in [0.15, 0.2) is 0 Å². The first-order chi connectivity index (χ1) is 16.0. The van der Waals surface area contributed by atoms with Crippen LogP contribution in [0.25, 0.3) is 16.7 Å². The zero-order valence-corrected chi connectivity index (χ0v) is 18.4. The Morgan fingerprint density at radius 1 is 1.12 bits per heavy atom. The second-order valence-corrected chi connectivity index (χ2v) is 9.31. The Balaban J connectivity index is 1.45. The van der Waals surface area contributed by atoms with E-state index in [1.807, 2.05) is 23.5 Å². The summed E-state index contributed by atoms with van der Waals surface area (Å²) in [4.78, 5) is 6.90. The highest BCUT2D eigenvalue weighted by atomic mass is 19.3. The molecule has 0 unspecified atom stereocenters. The van der Waals surface area contributed by atoms with Gasteiger partial charge in [-0.3, -0.25) is 4.40 Å². The number of alkyl halides is 2. The summed E-state index contributed by atoms with van der Waals surface area (Å²) in [7, 11) is 0. The molecule has 3 heterocycles. The summed E-state index contributed by atoms with van der Waals surface area (Å²) in [6.07, 6.45) is 1.93. The maximum absolute atomic E-state index is 14.3. The lowest BCUT2D eigenvalue weighted by Gasteiger charge is -2.32. The molecule has 5 nitrogen and oxygen atoms in total. The Labute approximate surface area is 189 Å². The van der Waals surface area contributed by atoms with Gasteiger partial charge in [0.05, 0.1) is 5.52 Å². The number of nitrogens with zero attached hydrogens (tertiary/aromatic N) is 5. The molecule has 2 aromatic heterocycles. The molecule has 8 heteroatoms. The van der Waals surface area contributed by atoms with Gasteiger partial charge in [0.2, 0.25) is 6.43 Å². The average molecular weight is 451 g/mol. The molecule has 6 rings (SSSR count). The molecule has 4 aromatic rings. The van der Waals surface area contributed by atoms with Crippen molar-refractivity contribution in [1.29, 1.82) is 0 Å². The zero-order valence-electron chi connectivity index (χ0n) is 18.4. The number of halogens is 3. The van der Waals surface area contributed by atoms with Crippen molar-refractivity contribution in [1.82, 2.24) is 19.6 Å². The Morgan fingerprint density at radius 3 is 2.76 bits per heavy atom. The summed E-state index contributed by atoms with van der Waals surface area (Å²) >= 11 is 0. The van der Waals surface area contributed by atoms with Gasteiger partial charge in [-0.05, 0) is 80.8 Å². The van der Waals surface area contributed by atoms with Crippen LogP contribution in [0.5, 0.6) is 0 Å². The number of anilines is 2. The van der Waals surface area contributed by atoms with Gasteiger partial charge in [-0.25, -0.2) is 13.2 Å². The fourth-order valence-corrected chi connectivity index (χ4v) is 5.22. The van der Waals surface area contributed by atoms with E-state index in [-0.39, 0.29) is 5.82 Å². The summed E-state index contributed by atoms with van der Waals surface area (Å²) in [6, 6.07) is 10.8. The molecular weight excluding hydrogens is 427 g/mol. The van der Waals surface area contributed by atoms with Crippen molar-refractivity contribution in [3.63, 3.8) is 0 Å². The third kappa shape index (κ3) is 3.26. The van der Waals surface area contributed by atoms with E-state index in [2.05, 4.69) is 21.2 Å². The Kier molecular flexibility index (Phi) is 4.61. The van der Waals surface area contributed by atoms with Crippen molar-refractivity contribution < 1.29 is 13.2 Å². The third-order valence-corrected chi connectivity index (χ3v) is 7.30. The Bertz CT molecular complexity index is 1380. The van der Waals surface area contributed by atoms with Gasteiger partial charge in [0.25, 0.3) is 5.78 Å². The van der Waals surface area contributed by atoms with Crippen LogP contribution in [0.2, 0.25) is 0 Å². The molecule has 2 aromatic carbocycles. The molecule has 1 saturated carbocycles. The molecule has 33 heavy (non-hydrogen) atoms. The molecule has 1 aliphatic heterocycles. The second-order valence-electron chi connectivity index (χ2n) is 9.31. The molecule has 0 bridgehead atoms. The standard InChI is InChI=1S/C25H24F3N5/c1-15-30-31-24-29-22(19-14-17(26)7-8-21(19)33(15)24)32-13-3-5-18-16(4-2-6-20(18)32)9-10-25(11-12-25)23(27)28/h2,4,6-8,14,23H,3,5,9-13H2,1H3. The predicted molar refractivity (Wildman–Crippen MR) is 121 cm³/mol. The molecule has 1 aliphatic carbocycles. The number of benzene rings is 2. The van der Waals surface area contributed by atoms with Crippen LogP contribution in [-0.4, -0.2) is 32.6 Å². The number of aromatic nitrogens is 4. The number of aryl methyl sites for hydroxylation is 2. The van der Waals surface area contributed by atoms with Crippen LogP contribution in [0, 0.1) is 18.2 Å². The van der Waals surface area contributed by atoms with Gasteiger partial charge >= 0.3 is 0 Å². The minimum Gasteiger partial charge on any atom is -0.325 e. The molecule has 1 fully saturated rings. The second kappa shape index (κ2) is 7.43. The number of hydrogen-bond acceptors (Lipinski definition) is 4. The van der Waals surface area contributed by atoms with Crippen LogP contribution in [0.3, 0.4) is 0 Å². The van der Waals surface area contributed by atoms with Crippen LogP contribution >= 0.6 is 0 Å². The SMILES string of the molecule is Cc1nnc2nc(N3CCCc4c(CCC5(C(F)F)CC5)cccc43)c3cc(F)ccc3n12. The smallest absolute Gasteiger partial charge is 0.257 e. The van der Waals surface area contributed by atoms with Crippen molar-refractivity contribution >= 4 is 28.2 Å². The topological polar surface area (TPSA) is 46.3 Å². The molecule has 0 saturated heterocycles. The van der Waals surface area contributed by atoms with Crippen LogP contribution in [0.15, 0.2) is 36.4 Å². The molecule has 2 aliphatic rings. The van der Waals surface area contributed by atoms with Crippen LogP contribution < -0.4 is 4.90 Å². The van der Waals surface area contributed by atoms with E-state index in [1.165, 1.54) is 17.7 Å². The van der Waals surface area contributed by atoms with E-state index in [9.17, 15) is 13.2 Å². The molecule has 0 amide bonds. The minimum absolute atomic E-state index is 0.330. The summed E-state index contributed by atoms with van der Waals surface area (Å²) in [5.74, 6) is 1.48. The summed E-state index contributed by atoms with van der Waals surface area (Å²) < 4.78 is 43.0. The van der Waals surface area contributed by atoms with Gasteiger partial charge < -0.3 is 4.90 Å². The third-order valence-electron chi connectivity index (χ3n) is 7.30. The average Bonchev–Trinajstić information content (AvgIpc) is 3.53. The molecule has 0 N–H and O–H groups in total. The van der Waals surface area contributed by atoms with E-state index < -0.39 is 11.8 Å². The van der Waals surface area contributed by atoms with E-state index in [4.69, 9.17) is 4.98 Å². The summed E-state index contributed by atoms with van der Waals surface area (Å²) in [5, 5.41) is 9.06. The first kappa shape index (κ1) is 20.4. The molecule has 0 atom stereocenters. The fourth-order valence-electron chi connectivity index (χ4n) is 5.22. The van der Waals surface area contributed by atoms with Crippen LogP contribution in [-0.2, 0) is 12.8 Å². The monoisotopic (exact) mass is 451 g/mol. The first-order valence-corrected chi connectivity index (χ1v) is 11.4. The Hall–Kier alpha value is -3.16. The number of hydrogen-bond donors (Lipinski definition) is 0. The summed E-state index contributed by atoms with van der Waals surface area (Å²) in [6.45, 7) is 2.58. The predicted octanol–water partition coefficient (Wildman–Crippen LogP) is 5.79. The maximum Gasteiger partial charge on any atom is 0.257 e. The van der Waals surface area contributed by atoms with E-state index >= 15 is 0 Å². The van der Waals surface area contributed by atoms with E-state index in [1.54, 1.807) is 6.07 Å². The van der Waals surface area contributed by atoms with Crippen LogP contribution in [0.1, 0.15) is 42.6 Å². The minimum atomic E-state index is -2.25. The molecule has 0 radical (unpaired) electrons. The van der Waals surface area contributed by atoms with Gasteiger partial charge in [-0.1, -0.05) is 12.1 Å². The first-order valence-electron chi connectivity index (χ1n) is 11.4. The van der Waals surface area contributed by atoms with E-state index in [0.29, 0.717) is 48.5 Å². The van der Waals surface area contributed by atoms with Crippen molar-refractivity contribution in [3.05, 3.63) is 59.2 Å². The van der Waals surface area contributed by atoms with Gasteiger partial charge in [-0.15, -0.1) is 10.2 Å². The normalized spacial score (nSPS) is 17.2. The molecular formula is C25H24F3N5. The van der Waals surface area contributed by atoms with Crippen LogP contribution in [0.4, 0.5) is 24.7 Å². The lowest BCUT2D eigenvalue weighted by molar-refractivity contribution is 0.0566. The highest BCUT2D eigenvalue weighted by Crippen LogP contribution is 2.54.